The number of phenols is 1. The topological polar surface area (TPSA) is 61.7 Å². The van der Waals surface area contributed by atoms with Crippen LogP contribution in [0, 0.1) is 13.8 Å². The fourth-order valence-electron chi connectivity index (χ4n) is 2.02. The number of hydrazone groups is 1. The predicted molar refractivity (Wildman–Crippen MR) is 83.7 cm³/mol. The minimum atomic E-state index is -0.264. The molecule has 0 radical (unpaired) electrons. The summed E-state index contributed by atoms with van der Waals surface area (Å²) in [5, 5.41) is 13.9. The Balaban J connectivity index is 2.19. The molecule has 0 bridgehead atoms. The highest BCUT2D eigenvalue weighted by Gasteiger charge is 2.09. The second-order valence-corrected chi connectivity index (χ2v) is 4.97. The van der Waals surface area contributed by atoms with Gasteiger partial charge in [-0.2, -0.15) is 5.10 Å². The summed E-state index contributed by atoms with van der Waals surface area (Å²) in [5.41, 5.74) is 6.18. The van der Waals surface area contributed by atoms with Crippen LogP contribution < -0.4 is 5.43 Å². The van der Waals surface area contributed by atoms with Crippen LogP contribution >= 0.6 is 0 Å². The minimum Gasteiger partial charge on any atom is -0.507 e. The molecule has 0 fully saturated rings. The van der Waals surface area contributed by atoms with Crippen LogP contribution in [0.5, 0.6) is 5.75 Å². The Morgan fingerprint density at radius 2 is 1.81 bits per heavy atom. The van der Waals surface area contributed by atoms with Crippen molar-refractivity contribution < 1.29 is 9.90 Å². The number of nitrogens with one attached hydrogen (secondary N) is 1. The Kier molecular flexibility index (Phi) is 4.38. The van der Waals surface area contributed by atoms with E-state index in [1.165, 1.54) is 0 Å². The molecule has 2 rings (SSSR count). The maximum atomic E-state index is 12.1. The summed E-state index contributed by atoms with van der Waals surface area (Å²) >= 11 is 0. The molecule has 1 amide bonds. The molecule has 2 aromatic carbocycles. The third-order valence-electron chi connectivity index (χ3n) is 3.26. The van der Waals surface area contributed by atoms with E-state index in [1.807, 2.05) is 44.2 Å². The van der Waals surface area contributed by atoms with Crippen LogP contribution in [0.15, 0.2) is 47.6 Å². The fourth-order valence-corrected chi connectivity index (χ4v) is 2.02. The molecule has 0 aliphatic rings. The van der Waals surface area contributed by atoms with Gasteiger partial charge in [-0.3, -0.25) is 4.79 Å². The molecule has 0 saturated carbocycles. The zero-order chi connectivity index (χ0) is 15.4. The van der Waals surface area contributed by atoms with E-state index in [-0.39, 0.29) is 11.7 Å². The molecule has 0 spiro atoms. The highest BCUT2D eigenvalue weighted by atomic mass is 16.3. The predicted octanol–water partition coefficient (Wildman–Crippen LogP) is 3.16. The van der Waals surface area contributed by atoms with E-state index in [4.69, 9.17) is 0 Å². The molecule has 108 valence electrons. The summed E-state index contributed by atoms with van der Waals surface area (Å²) in [6, 6.07) is 12.6. The van der Waals surface area contributed by atoms with Crippen molar-refractivity contribution in [3.63, 3.8) is 0 Å². The third kappa shape index (κ3) is 3.48. The van der Waals surface area contributed by atoms with Gasteiger partial charge in [-0.15, -0.1) is 0 Å². The lowest BCUT2D eigenvalue weighted by Crippen LogP contribution is -2.20. The lowest BCUT2D eigenvalue weighted by atomic mass is 10.1. The van der Waals surface area contributed by atoms with Crippen LogP contribution in [0.25, 0.3) is 0 Å². The van der Waals surface area contributed by atoms with E-state index in [0.717, 1.165) is 11.1 Å². The summed E-state index contributed by atoms with van der Waals surface area (Å²) in [5.74, 6) is -0.119. The van der Waals surface area contributed by atoms with Gasteiger partial charge in [-0.25, -0.2) is 5.43 Å². The number of rotatable bonds is 3. The zero-order valence-corrected chi connectivity index (χ0v) is 12.3. The van der Waals surface area contributed by atoms with Crippen molar-refractivity contribution >= 4 is 11.6 Å². The van der Waals surface area contributed by atoms with Gasteiger partial charge in [0.05, 0.1) is 5.71 Å². The first-order valence-electron chi connectivity index (χ1n) is 6.69. The molecule has 0 aliphatic carbocycles. The van der Waals surface area contributed by atoms with Gasteiger partial charge in [-0.1, -0.05) is 29.8 Å². The highest BCUT2D eigenvalue weighted by Crippen LogP contribution is 2.18. The standard InChI is InChI=1S/C17H18N2O2/c1-11-8-9-16(20)15(10-11)13(3)18-19-17(21)14-7-5-4-6-12(14)2/h4-10,20H,1-3H3,(H,19,21)/b18-13+. The highest BCUT2D eigenvalue weighted by molar-refractivity contribution is 6.03. The Labute approximate surface area is 124 Å². The summed E-state index contributed by atoms with van der Waals surface area (Å²) in [6.45, 7) is 5.55. The number of aromatic hydroxyl groups is 1. The van der Waals surface area contributed by atoms with Crippen LogP contribution in [-0.4, -0.2) is 16.7 Å². The number of aryl methyl sites for hydroxylation is 2. The zero-order valence-electron chi connectivity index (χ0n) is 12.3. The van der Waals surface area contributed by atoms with Crippen molar-refractivity contribution in [1.29, 1.82) is 0 Å². The van der Waals surface area contributed by atoms with Gasteiger partial charge in [0.2, 0.25) is 0 Å². The van der Waals surface area contributed by atoms with E-state index in [1.54, 1.807) is 19.1 Å². The van der Waals surface area contributed by atoms with Gasteiger partial charge in [0.25, 0.3) is 5.91 Å². The van der Waals surface area contributed by atoms with Crippen LogP contribution in [0.4, 0.5) is 0 Å². The number of carbonyl (C=O) groups excluding carboxylic acids is 1. The third-order valence-corrected chi connectivity index (χ3v) is 3.26. The quantitative estimate of drug-likeness (QED) is 0.671. The second kappa shape index (κ2) is 6.22. The number of hydrogen-bond donors (Lipinski definition) is 2. The average Bonchev–Trinajstić information content (AvgIpc) is 2.47. The van der Waals surface area contributed by atoms with E-state index in [9.17, 15) is 9.90 Å². The second-order valence-electron chi connectivity index (χ2n) is 4.97. The van der Waals surface area contributed by atoms with Gasteiger partial charge < -0.3 is 5.11 Å². The first kappa shape index (κ1) is 14.8. The van der Waals surface area contributed by atoms with Crippen LogP contribution in [0.2, 0.25) is 0 Å². The molecule has 4 heteroatoms. The van der Waals surface area contributed by atoms with Gasteiger partial charge in [0.15, 0.2) is 0 Å². The summed E-state index contributed by atoms with van der Waals surface area (Å²) in [4.78, 5) is 12.1. The Hall–Kier alpha value is -2.62. The molecule has 0 aliphatic heterocycles. The molecule has 0 saturated heterocycles. The monoisotopic (exact) mass is 282 g/mol. The van der Waals surface area contributed by atoms with Gasteiger partial charge in [0, 0.05) is 11.1 Å². The maximum Gasteiger partial charge on any atom is 0.271 e. The molecule has 0 atom stereocenters. The van der Waals surface area contributed by atoms with Crippen molar-refractivity contribution in [3.05, 3.63) is 64.7 Å². The average molecular weight is 282 g/mol. The van der Waals surface area contributed by atoms with Crippen LogP contribution in [0.1, 0.15) is 34.0 Å². The van der Waals surface area contributed by atoms with Crippen LogP contribution in [-0.2, 0) is 0 Å². The first-order valence-corrected chi connectivity index (χ1v) is 6.69. The number of hydrogen-bond acceptors (Lipinski definition) is 3. The number of amides is 1. The molecule has 2 N–H and O–H groups in total. The molecule has 2 aromatic rings. The smallest absolute Gasteiger partial charge is 0.271 e. The van der Waals surface area contributed by atoms with E-state index in [2.05, 4.69) is 10.5 Å². The summed E-state index contributed by atoms with van der Waals surface area (Å²) in [7, 11) is 0. The number of carbonyl (C=O) groups is 1. The minimum absolute atomic E-state index is 0.145. The lowest BCUT2D eigenvalue weighted by Gasteiger charge is -2.07. The van der Waals surface area contributed by atoms with E-state index >= 15 is 0 Å². The normalized spacial score (nSPS) is 11.3. The number of nitrogens with zero attached hydrogens (tertiary/aromatic N) is 1. The largest absolute Gasteiger partial charge is 0.507 e. The Morgan fingerprint density at radius 3 is 2.52 bits per heavy atom. The van der Waals surface area contributed by atoms with Crippen molar-refractivity contribution in [2.45, 2.75) is 20.8 Å². The Morgan fingerprint density at radius 1 is 1.10 bits per heavy atom. The number of benzene rings is 2. The molecule has 21 heavy (non-hydrogen) atoms. The molecule has 0 aromatic heterocycles. The molecule has 0 heterocycles. The van der Waals surface area contributed by atoms with Crippen molar-refractivity contribution in [2.24, 2.45) is 5.10 Å². The van der Waals surface area contributed by atoms with Crippen molar-refractivity contribution in [1.82, 2.24) is 5.43 Å². The SMILES string of the molecule is C/C(=N\NC(=O)c1ccccc1C)c1cc(C)ccc1O. The fraction of sp³-hybridized carbons (Fsp3) is 0.176. The first-order chi connectivity index (χ1) is 9.99. The molecular weight excluding hydrogens is 264 g/mol. The van der Waals surface area contributed by atoms with E-state index in [0.29, 0.717) is 16.8 Å². The van der Waals surface area contributed by atoms with E-state index < -0.39 is 0 Å². The lowest BCUT2D eigenvalue weighted by molar-refractivity contribution is 0.0954. The van der Waals surface area contributed by atoms with Crippen LogP contribution in [0.3, 0.4) is 0 Å². The number of phenolic OH excluding ortho intramolecular Hbond substituents is 1. The van der Waals surface area contributed by atoms with Gasteiger partial charge >= 0.3 is 0 Å². The van der Waals surface area contributed by atoms with Gasteiger partial charge in [-0.05, 0) is 44.5 Å². The van der Waals surface area contributed by atoms with Gasteiger partial charge in [0.1, 0.15) is 5.75 Å². The van der Waals surface area contributed by atoms with Crippen molar-refractivity contribution in [3.8, 4) is 5.75 Å². The summed E-state index contributed by atoms with van der Waals surface area (Å²) in [6.07, 6.45) is 0. The molecule has 0 unspecified atom stereocenters. The summed E-state index contributed by atoms with van der Waals surface area (Å²) < 4.78 is 0. The maximum absolute atomic E-state index is 12.1. The molecular formula is C17H18N2O2. The van der Waals surface area contributed by atoms with Crippen molar-refractivity contribution in [2.75, 3.05) is 0 Å². The Bertz CT molecular complexity index is 706. The molecule has 4 nitrogen and oxygen atoms in total.